The van der Waals surface area contributed by atoms with Gasteiger partial charge in [-0.1, -0.05) is 53.5 Å². The first-order valence-electron chi connectivity index (χ1n) is 11.1. The van der Waals surface area contributed by atoms with Gasteiger partial charge in [0.2, 0.25) is 0 Å². The van der Waals surface area contributed by atoms with Gasteiger partial charge in [0.25, 0.3) is 5.91 Å². The molecule has 0 spiro atoms. The molecule has 1 fully saturated rings. The van der Waals surface area contributed by atoms with Crippen molar-refractivity contribution in [3.8, 4) is 22.6 Å². The number of hydrogen-bond acceptors (Lipinski definition) is 5. The Kier molecular flexibility index (Phi) is 7.89. The number of sulfone groups is 1. The molecule has 184 valence electrons. The molecule has 1 aliphatic heterocycles. The quantitative estimate of drug-likeness (QED) is 0.394. The van der Waals surface area contributed by atoms with Gasteiger partial charge in [0.15, 0.2) is 16.4 Å². The molecular formula is C26H25Cl2NO5S. The van der Waals surface area contributed by atoms with Crippen LogP contribution in [0, 0.1) is 0 Å². The summed E-state index contributed by atoms with van der Waals surface area (Å²) in [7, 11) is -1.59. The fraction of sp³-hybridized carbons (Fsp3) is 0.269. The molecule has 1 atom stereocenters. The van der Waals surface area contributed by atoms with E-state index < -0.39 is 15.9 Å². The lowest BCUT2D eigenvalue weighted by Gasteiger charge is -2.28. The molecule has 1 aliphatic rings. The van der Waals surface area contributed by atoms with E-state index in [9.17, 15) is 13.2 Å². The number of amides is 1. The molecule has 0 aromatic heterocycles. The summed E-state index contributed by atoms with van der Waals surface area (Å²) in [5.41, 5.74) is 2.64. The number of benzene rings is 3. The zero-order valence-electron chi connectivity index (χ0n) is 19.1. The standard InChI is InChI=1S/C26H25Cl2NO5S/c1-33-22-7-9-23(10-8-22)34-16-26(30)29(21-12-13-35(31,32)17-21)15-18-2-4-19(5-3-18)24-11-6-20(27)14-25(24)28/h2-11,14,21H,12-13,15-17H2,1H3. The van der Waals surface area contributed by atoms with E-state index >= 15 is 0 Å². The van der Waals surface area contributed by atoms with Crippen LogP contribution in [0.4, 0.5) is 0 Å². The summed E-state index contributed by atoms with van der Waals surface area (Å²) in [5, 5.41) is 1.11. The Morgan fingerprint density at radius 3 is 2.29 bits per heavy atom. The molecule has 0 N–H and O–H groups in total. The molecule has 0 saturated carbocycles. The van der Waals surface area contributed by atoms with E-state index in [0.29, 0.717) is 28.0 Å². The van der Waals surface area contributed by atoms with Crippen molar-refractivity contribution in [2.45, 2.75) is 19.0 Å². The van der Waals surface area contributed by atoms with E-state index in [-0.39, 0.29) is 30.6 Å². The van der Waals surface area contributed by atoms with Crippen LogP contribution in [-0.4, -0.2) is 50.5 Å². The van der Waals surface area contributed by atoms with Gasteiger partial charge in [-0.2, -0.15) is 0 Å². The lowest BCUT2D eigenvalue weighted by molar-refractivity contribution is -0.136. The Labute approximate surface area is 215 Å². The zero-order chi connectivity index (χ0) is 25.0. The Hall–Kier alpha value is -2.74. The number of nitrogens with zero attached hydrogens (tertiary/aromatic N) is 1. The maximum atomic E-state index is 13.2. The molecule has 3 aromatic rings. The molecule has 35 heavy (non-hydrogen) atoms. The number of rotatable bonds is 8. The number of hydrogen-bond donors (Lipinski definition) is 0. The van der Waals surface area contributed by atoms with Crippen molar-refractivity contribution < 1.29 is 22.7 Å². The minimum atomic E-state index is -3.17. The molecule has 1 saturated heterocycles. The third-order valence-electron chi connectivity index (χ3n) is 5.94. The molecule has 3 aromatic carbocycles. The van der Waals surface area contributed by atoms with Crippen LogP contribution in [0.1, 0.15) is 12.0 Å². The number of carbonyl (C=O) groups excluding carboxylic acids is 1. The second kappa shape index (κ2) is 10.9. The molecule has 1 unspecified atom stereocenters. The number of methoxy groups -OCH3 is 1. The van der Waals surface area contributed by atoms with Gasteiger partial charge in [-0.3, -0.25) is 4.79 Å². The lowest BCUT2D eigenvalue weighted by Crippen LogP contribution is -2.43. The number of ether oxygens (including phenoxy) is 2. The Balaban J connectivity index is 1.49. The SMILES string of the molecule is COc1ccc(OCC(=O)N(Cc2ccc(-c3ccc(Cl)cc3Cl)cc2)C2CCS(=O)(=O)C2)cc1. The average molecular weight is 534 g/mol. The van der Waals surface area contributed by atoms with Gasteiger partial charge in [0, 0.05) is 28.2 Å². The van der Waals surface area contributed by atoms with Crippen LogP contribution in [0.3, 0.4) is 0 Å². The van der Waals surface area contributed by atoms with Crippen LogP contribution in [0.5, 0.6) is 11.5 Å². The molecule has 9 heteroatoms. The molecule has 1 heterocycles. The first-order valence-corrected chi connectivity index (χ1v) is 13.6. The predicted molar refractivity (Wildman–Crippen MR) is 138 cm³/mol. The highest BCUT2D eigenvalue weighted by Crippen LogP contribution is 2.31. The van der Waals surface area contributed by atoms with E-state index in [1.54, 1.807) is 48.4 Å². The normalized spacial score (nSPS) is 16.6. The molecular weight excluding hydrogens is 509 g/mol. The van der Waals surface area contributed by atoms with Gasteiger partial charge < -0.3 is 14.4 Å². The maximum Gasteiger partial charge on any atom is 0.261 e. The summed E-state index contributed by atoms with van der Waals surface area (Å²) in [6.45, 7) is 0.0843. The Morgan fingerprint density at radius 2 is 1.69 bits per heavy atom. The lowest BCUT2D eigenvalue weighted by atomic mass is 10.0. The van der Waals surface area contributed by atoms with Crippen LogP contribution >= 0.6 is 23.2 Å². The van der Waals surface area contributed by atoms with Gasteiger partial charge in [-0.15, -0.1) is 0 Å². The van der Waals surface area contributed by atoms with Crippen molar-refractivity contribution in [1.29, 1.82) is 0 Å². The van der Waals surface area contributed by atoms with Gasteiger partial charge >= 0.3 is 0 Å². The van der Waals surface area contributed by atoms with Crippen LogP contribution < -0.4 is 9.47 Å². The van der Waals surface area contributed by atoms with Crippen molar-refractivity contribution in [3.63, 3.8) is 0 Å². The number of halogens is 2. The summed E-state index contributed by atoms with van der Waals surface area (Å²) in [5.74, 6) is 0.981. The van der Waals surface area contributed by atoms with Crippen LogP contribution in [0.15, 0.2) is 66.7 Å². The molecule has 0 aliphatic carbocycles. The summed E-state index contributed by atoms with van der Waals surface area (Å²) in [6.07, 6.45) is 0.412. The third kappa shape index (κ3) is 6.48. The van der Waals surface area contributed by atoms with E-state index in [2.05, 4.69) is 0 Å². The van der Waals surface area contributed by atoms with Gasteiger partial charge in [-0.25, -0.2) is 8.42 Å². The second-order valence-electron chi connectivity index (χ2n) is 8.36. The highest BCUT2D eigenvalue weighted by atomic mass is 35.5. The van der Waals surface area contributed by atoms with E-state index in [1.807, 2.05) is 30.3 Å². The third-order valence-corrected chi connectivity index (χ3v) is 8.24. The van der Waals surface area contributed by atoms with Crippen molar-refractivity contribution in [3.05, 3.63) is 82.3 Å². The molecule has 1 amide bonds. The zero-order valence-corrected chi connectivity index (χ0v) is 21.4. The van der Waals surface area contributed by atoms with Crippen LogP contribution in [-0.2, 0) is 21.2 Å². The van der Waals surface area contributed by atoms with E-state index in [1.165, 1.54) is 0 Å². The summed E-state index contributed by atoms with van der Waals surface area (Å²) in [4.78, 5) is 14.8. The molecule has 0 radical (unpaired) electrons. The van der Waals surface area contributed by atoms with Crippen molar-refractivity contribution in [2.75, 3.05) is 25.2 Å². The highest BCUT2D eigenvalue weighted by molar-refractivity contribution is 7.91. The van der Waals surface area contributed by atoms with E-state index in [0.717, 1.165) is 16.7 Å². The van der Waals surface area contributed by atoms with Crippen LogP contribution in [0.25, 0.3) is 11.1 Å². The smallest absolute Gasteiger partial charge is 0.261 e. The minimum Gasteiger partial charge on any atom is -0.497 e. The van der Waals surface area contributed by atoms with Crippen LogP contribution in [0.2, 0.25) is 10.0 Å². The highest BCUT2D eigenvalue weighted by Gasteiger charge is 2.34. The van der Waals surface area contributed by atoms with E-state index in [4.69, 9.17) is 32.7 Å². The van der Waals surface area contributed by atoms with Gasteiger partial charge in [0.1, 0.15) is 11.5 Å². The topological polar surface area (TPSA) is 72.9 Å². The fourth-order valence-corrected chi connectivity index (χ4v) is 6.30. The first kappa shape index (κ1) is 25.4. The summed E-state index contributed by atoms with van der Waals surface area (Å²) in [6, 6.07) is 19.5. The second-order valence-corrected chi connectivity index (χ2v) is 11.4. The number of carbonyl (C=O) groups is 1. The van der Waals surface area contributed by atoms with Gasteiger partial charge in [-0.05, 0) is 53.9 Å². The van der Waals surface area contributed by atoms with Crippen molar-refractivity contribution >= 4 is 38.9 Å². The van der Waals surface area contributed by atoms with Crippen molar-refractivity contribution in [1.82, 2.24) is 4.90 Å². The summed E-state index contributed by atoms with van der Waals surface area (Å²) >= 11 is 12.3. The Morgan fingerprint density at radius 1 is 1.00 bits per heavy atom. The summed E-state index contributed by atoms with van der Waals surface area (Å²) < 4.78 is 35.0. The fourth-order valence-electron chi connectivity index (χ4n) is 4.05. The predicted octanol–water partition coefficient (Wildman–Crippen LogP) is 5.26. The molecule has 6 nitrogen and oxygen atoms in total. The average Bonchev–Trinajstić information content (AvgIpc) is 3.21. The molecule has 4 rings (SSSR count). The van der Waals surface area contributed by atoms with Crippen molar-refractivity contribution in [2.24, 2.45) is 0 Å². The first-order chi connectivity index (χ1) is 16.7. The maximum absolute atomic E-state index is 13.2. The Bertz CT molecular complexity index is 1290. The minimum absolute atomic E-state index is 0.0419. The molecule has 0 bridgehead atoms. The van der Waals surface area contributed by atoms with Gasteiger partial charge in [0.05, 0.1) is 18.6 Å². The monoisotopic (exact) mass is 533 g/mol. The largest absolute Gasteiger partial charge is 0.497 e.